The van der Waals surface area contributed by atoms with Gasteiger partial charge in [0.25, 0.3) is 0 Å². The fourth-order valence-electron chi connectivity index (χ4n) is 3.28. The summed E-state index contributed by atoms with van der Waals surface area (Å²) in [6.45, 7) is 0.452. The van der Waals surface area contributed by atoms with Crippen LogP contribution in [0.4, 0.5) is 9.18 Å². The van der Waals surface area contributed by atoms with Gasteiger partial charge in [0.1, 0.15) is 10.8 Å². The van der Waals surface area contributed by atoms with Gasteiger partial charge in [0.05, 0.1) is 22.8 Å². The highest BCUT2D eigenvalue weighted by Gasteiger charge is 2.27. The molecule has 2 aromatic carbocycles. The molecule has 4 rings (SSSR count). The van der Waals surface area contributed by atoms with Gasteiger partial charge in [0, 0.05) is 7.05 Å². The van der Waals surface area contributed by atoms with Crippen molar-refractivity contribution in [3.05, 3.63) is 64.4 Å². The summed E-state index contributed by atoms with van der Waals surface area (Å²) in [5.74, 6) is -0.183. The normalized spacial score (nSPS) is 16.0. The summed E-state index contributed by atoms with van der Waals surface area (Å²) in [6.07, 6.45) is 1.39. The van der Waals surface area contributed by atoms with Gasteiger partial charge in [0.15, 0.2) is 0 Å². The number of hydrogen-bond donors (Lipinski definition) is 1. The van der Waals surface area contributed by atoms with Gasteiger partial charge in [-0.15, -0.1) is 11.3 Å². The Morgan fingerprint density at radius 3 is 3.00 bits per heavy atom. The van der Waals surface area contributed by atoms with Crippen LogP contribution in [0.25, 0.3) is 10.2 Å². The van der Waals surface area contributed by atoms with E-state index in [1.165, 1.54) is 6.07 Å². The molecule has 1 N–H and O–H groups in total. The van der Waals surface area contributed by atoms with Gasteiger partial charge >= 0.3 is 6.03 Å². The molecule has 0 bridgehead atoms. The maximum atomic E-state index is 13.8. The lowest BCUT2D eigenvalue weighted by molar-refractivity contribution is 0.202. The lowest BCUT2D eigenvalue weighted by atomic mass is 10.1. The Hall–Kier alpha value is -2.47. The van der Waals surface area contributed by atoms with Crippen molar-refractivity contribution in [3.63, 3.8) is 0 Å². The van der Waals surface area contributed by atoms with E-state index in [-0.39, 0.29) is 17.9 Å². The first kappa shape index (κ1) is 16.0. The molecule has 128 valence electrons. The van der Waals surface area contributed by atoms with Crippen molar-refractivity contribution < 1.29 is 9.18 Å². The SMILES string of the molecule is CN(Cc1nc2ccccc2s1)C(=O)NC1CCc2c(F)cccc21. The maximum Gasteiger partial charge on any atom is 0.318 e. The van der Waals surface area contributed by atoms with E-state index < -0.39 is 0 Å². The van der Waals surface area contributed by atoms with Crippen molar-refractivity contribution >= 4 is 27.6 Å². The molecule has 1 heterocycles. The molecule has 25 heavy (non-hydrogen) atoms. The zero-order valence-corrected chi connectivity index (χ0v) is 14.6. The molecule has 1 atom stereocenters. The van der Waals surface area contributed by atoms with E-state index in [1.807, 2.05) is 30.3 Å². The first-order chi connectivity index (χ1) is 12.1. The monoisotopic (exact) mass is 355 g/mol. The summed E-state index contributed by atoms with van der Waals surface area (Å²) in [6, 6.07) is 12.7. The van der Waals surface area contributed by atoms with E-state index in [2.05, 4.69) is 10.3 Å². The molecule has 3 aromatic rings. The van der Waals surface area contributed by atoms with Crippen LogP contribution < -0.4 is 5.32 Å². The highest BCUT2D eigenvalue weighted by Crippen LogP contribution is 2.32. The first-order valence-corrected chi connectivity index (χ1v) is 9.07. The molecule has 2 amide bonds. The van der Waals surface area contributed by atoms with E-state index in [0.717, 1.165) is 32.8 Å². The van der Waals surface area contributed by atoms with Gasteiger partial charge < -0.3 is 10.2 Å². The van der Waals surface area contributed by atoms with Gasteiger partial charge in [0.2, 0.25) is 0 Å². The summed E-state index contributed by atoms with van der Waals surface area (Å²) in [5.41, 5.74) is 2.57. The Labute approximate surface area is 149 Å². The van der Waals surface area contributed by atoms with Gasteiger partial charge in [-0.1, -0.05) is 24.3 Å². The molecular formula is C19H18FN3OS. The standard InChI is InChI=1S/C19H18FN3OS/c1-23(11-18-21-16-7-2-3-8-17(16)25-18)19(24)22-15-10-9-12-13(15)5-4-6-14(12)20/h2-8,15H,9-11H2,1H3,(H,22,24). The van der Waals surface area contributed by atoms with Crippen LogP contribution in [0.2, 0.25) is 0 Å². The van der Waals surface area contributed by atoms with E-state index in [9.17, 15) is 9.18 Å². The van der Waals surface area contributed by atoms with E-state index in [1.54, 1.807) is 29.4 Å². The summed E-state index contributed by atoms with van der Waals surface area (Å²) >= 11 is 1.59. The van der Waals surface area contributed by atoms with E-state index in [4.69, 9.17) is 0 Å². The number of hydrogen-bond acceptors (Lipinski definition) is 3. The molecule has 4 nitrogen and oxygen atoms in total. The van der Waals surface area contributed by atoms with Gasteiger partial charge in [-0.25, -0.2) is 14.2 Å². The number of rotatable bonds is 3. The Bertz CT molecular complexity index is 906. The molecule has 1 unspecified atom stereocenters. The average molecular weight is 355 g/mol. The number of fused-ring (bicyclic) bond motifs is 2. The van der Waals surface area contributed by atoms with Crippen molar-refractivity contribution in [2.24, 2.45) is 0 Å². The number of benzene rings is 2. The molecule has 0 aliphatic heterocycles. The number of urea groups is 1. The quantitative estimate of drug-likeness (QED) is 0.763. The molecule has 1 aliphatic rings. The number of carbonyl (C=O) groups excluding carboxylic acids is 1. The first-order valence-electron chi connectivity index (χ1n) is 8.25. The van der Waals surface area contributed by atoms with Crippen molar-refractivity contribution in [2.45, 2.75) is 25.4 Å². The van der Waals surface area contributed by atoms with Crippen molar-refractivity contribution in [1.29, 1.82) is 0 Å². The highest BCUT2D eigenvalue weighted by molar-refractivity contribution is 7.18. The third kappa shape index (κ3) is 3.09. The largest absolute Gasteiger partial charge is 0.331 e. The van der Waals surface area contributed by atoms with Gasteiger partial charge in [-0.3, -0.25) is 0 Å². The number of thiazole rings is 1. The second-order valence-corrected chi connectivity index (χ2v) is 7.39. The number of halogens is 1. The van der Waals surface area contributed by atoms with Gasteiger partial charge in [-0.05, 0) is 42.2 Å². The summed E-state index contributed by atoms with van der Waals surface area (Å²) in [5, 5.41) is 3.91. The van der Waals surface area contributed by atoms with Crippen LogP contribution in [0.1, 0.15) is 28.6 Å². The Kier molecular flexibility index (Phi) is 4.13. The predicted octanol–water partition coefficient (Wildman–Crippen LogP) is 4.26. The highest BCUT2D eigenvalue weighted by atomic mass is 32.1. The lowest BCUT2D eigenvalue weighted by Crippen LogP contribution is -2.38. The summed E-state index contributed by atoms with van der Waals surface area (Å²) in [7, 11) is 1.75. The van der Waals surface area contributed by atoms with Crippen LogP contribution in [-0.4, -0.2) is 23.0 Å². The number of amides is 2. The predicted molar refractivity (Wildman–Crippen MR) is 97.1 cm³/mol. The fourth-order valence-corrected chi connectivity index (χ4v) is 4.30. The number of carbonyl (C=O) groups is 1. The van der Waals surface area contributed by atoms with Crippen LogP contribution in [0.5, 0.6) is 0 Å². The molecule has 0 fully saturated rings. The van der Waals surface area contributed by atoms with Crippen LogP contribution in [0.15, 0.2) is 42.5 Å². The minimum atomic E-state index is -0.183. The van der Waals surface area contributed by atoms with Crippen LogP contribution in [0, 0.1) is 5.82 Å². The lowest BCUT2D eigenvalue weighted by Gasteiger charge is -2.20. The van der Waals surface area contributed by atoms with Crippen LogP contribution >= 0.6 is 11.3 Å². The average Bonchev–Trinajstić information content (AvgIpc) is 3.19. The summed E-state index contributed by atoms with van der Waals surface area (Å²) in [4.78, 5) is 18.7. The topological polar surface area (TPSA) is 45.2 Å². The number of para-hydroxylation sites is 1. The zero-order chi connectivity index (χ0) is 17.4. The zero-order valence-electron chi connectivity index (χ0n) is 13.8. The molecule has 0 spiro atoms. The van der Waals surface area contributed by atoms with E-state index >= 15 is 0 Å². The molecule has 1 aliphatic carbocycles. The maximum absolute atomic E-state index is 13.8. The second kappa shape index (κ2) is 6.44. The number of nitrogens with one attached hydrogen (secondary N) is 1. The minimum Gasteiger partial charge on any atom is -0.331 e. The third-order valence-electron chi connectivity index (χ3n) is 4.57. The molecule has 6 heteroatoms. The Morgan fingerprint density at radius 2 is 2.16 bits per heavy atom. The number of aromatic nitrogens is 1. The fraction of sp³-hybridized carbons (Fsp3) is 0.263. The second-order valence-electron chi connectivity index (χ2n) is 6.28. The smallest absolute Gasteiger partial charge is 0.318 e. The number of nitrogens with zero attached hydrogens (tertiary/aromatic N) is 2. The van der Waals surface area contributed by atoms with Crippen molar-refractivity contribution in [1.82, 2.24) is 15.2 Å². The van der Waals surface area contributed by atoms with Crippen LogP contribution in [-0.2, 0) is 13.0 Å². The molecule has 1 aromatic heterocycles. The van der Waals surface area contributed by atoms with Crippen molar-refractivity contribution in [3.8, 4) is 0 Å². The Balaban J connectivity index is 1.44. The van der Waals surface area contributed by atoms with Crippen LogP contribution in [0.3, 0.4) is 0 Å². The molecule has 0 radical (unpaired) electrons. The molecule has 0 saturated heterocycles. The van der Waals surface area contributed by atoms with Gasteiger partial charge in [-0.2, -0.15) is 0 Å². The minimum absolute atomic E-state index is 0.129. The summed E-state index contributed by atoms with van der Waals surface area (Å²) < 4.78 is 14.9. The Morgan fingerprint density at radius 1 is 1.32 bits per heavy atom. The van der Waals surface area contributed by atoms with E-state index in [0.29, 0.717) is 13.0 Å². The molecule has 0 saturated carbocycles. The third-order valence-corrected chi connectivity index (χ3v) is 5.59. The van der Waals surface area contributed by atoms with Crippen molar-refractivity contribution in [2.75, 3.05) is 7.05 Å². The molecular weight excluding hydrogens is 337 g/mol.